The number of thiazole rings is 1. The van der Waals surface area contributed by atoms with Crippen molar-refractivity contribution in [1.29, 1.82) is 5.26 Å². The summed E-state index contributed by atoms with van der Waals surface area (Å²) in [5, 5.41) is 11.6. The molecule has 1 aromatic heterocycles. The summed E-state index contributed by atoms with van der Waals surface area (Å²) in [6.07, 6.45) is 1.85. The Balaban J connectivity index is 2.39. The van der Waals surface area contributed by atoms with E-state index in [9.17, 15) is 0 Å². The summed E-state index contributed by atoms with van der Waals surface area (Å²) in [6, 6.07) is 5.69. The number of nitrogens with zero attached hydrogens (tertiary/aromatic N) is 2. The Kier molecular flexibility index (Phi) is 2.70. The van der Waals surface area contributed by atoms with Crippen LogP contribution < -0.4 is 10.1 Å². The van der Waals surface area contributed by atoms with Crippen molar-refractivity contribution in [3.63, 3.8) is 0 Å². The van der Waals surface area contributed by atoms with Crippen LogP contribution >= 0.6 is 11.3 Å². The first-order valence-electron chi connectivity index (χ1n) is 4.52. The van der Waals surface area contributed by atoms with Gasteiger partial charge in [-0.05, 0) is 25.1 Å². The molecule has 1 N–H and O–H groups in total. The van der Waals surface area contributed by atoms with Crippen molar-refractivity contribution in [2.45, 2.75) is 6.92 Å². The van der Waals surface area contributed by atoms with E-state index in [0.29, 0.717) is 11.7 Å². The summed E-state index contributed by atoms with van der Waals surface area (Å²) in [5.41, 5.74) is 0.876. The summed E-state index contributed by atoms with van der Waals surface area (Å²) < 4.78 is 6.39. The van der Waals surface area contributed by atoms with Gasteiger partial charge in [0.25, 0.3) is 0 Å². The summed E-state index contributed by atoms with van der Waals surface area (Å²) in [4.78, 5) is 4.23. The normalized spacial score (nSPS) is 9.87. The van der Waals surface area contributed by atoms with Crippen LogP contribution in [0, 0.1) is 11.5 Å². The number of aromatic nitrogens is 1. The molecule has 0 aliphatic rings. The van der Waals surface area contributed by atoms with Crippen molar-refractivity contribution in [2.24, 2.45) is 0 Å². The van der Waals surface area contributed by atoms with Crippen LogP contribution in [0.15, 0.2) is 18.2 Å². The fourth-order valence-electron chi connectivity index (χ4n) is 1.26. The van der Waals surface area contributed by atoms with Crippen LogP contribution in [0.1, 0.15) is 6.92 Å². The maximum atomic E-state index is 8.46. The Morgan fingerprint density at radius 3 is 3.20 bits per heavy atom. The molecule has 1 aromatic carbocycles. The number of nitrogens with one attached hydrogen (secondary N) is 1. The van der Waals surface area contributed by atoms with E-state index in [2.05, 4.69) is 10.3 Å². The molecule has 0 aliphatic carbocycles. The van der Waals surface area contributed by atoms with Crippen LogP contribution in [0.4, 0.5) is 5.13 Å². The predicted molar refractivity (Wildman–Crippen MR) is 60.0 cm³/mol. The van der Waals surface area contributed by atoms with Crippen molar-refractivity contribution >= 4 is 26.7 Å². The zero-order valence-electron chi connectivity index (χ0n) is 8.15. The third-order valence-electron chi connectivity index (χ3n) is 1.83. The molecule has 0 spiro atoms. The highest BCUT2D eigenvalue weighted by Gasteiger charge is 2.04. The standard InChI is InChI=1S/C10H9N3OS/c1-2-14-7-3-4-8-9(5-7)15-10(13-8)12-6-11/h3-5H,2H2,1H3,(H,12,13). The van der Waals surface area contributed by atoms with Crippen LogP contribution in [0.3, 0.4) is 0 Å². The zero-order chi connectivity index (χ0) is 10.7. The minimum absolute atomic E-state index is 0.612. The molecule has 0 bridgehead atoms. The Hall–Kier alpha value is -1.80. The Labute approximate surface area is 91.1 Å². The van der Waals surface area contributed by atoms with Crippen molar-refractivity contribution < 1.29 is 4.74 Å². The van der Waals surface area contributed by atoms with E-state index < -0.39 is 0 Å². The highest BCUT2D eigenvalue weighted by Crippen LogP contribution is 2.28. The molecular formula is C10H9N3OS. The van der Waals surface area contributed by atoms with Gasteiger partial charge < -0.3 is 4.74 Å². The molecule has 0 saturated carbocycles. The Morgan fingerprint density at radius 1 is 1.60 bits per heavy atom. The molecule has 0 saturated heterocycles. The lowest BCUT2D eigenvalue weighted by atomic mass is 10.3. The maximum absolute atomic E-state index is 8.46. The fourth-order valence-corrected chi connectivity index (χ4v) is 2.10. The fraction of sp³-hybridized carbons (Fsp3) is 0.200. The number of hydrogen-bond donors (Lipinski definition) is 1. The minimum atomic E-state index is 0.612. The van der Waals surface area contributed by atoms with E-state index in [0.717, 1.165) is 16.0 Å². The van der Waals surface area contributed by atoms with Gasteiger partial charge in [-0.25, -0.2) is 4.98 Å². The quantitative estimate of drug-likeness (QED) is 0.636. The highest BCUT2D eigenvalue weighted by molar-refractivity contribution is 7.22. The highest BCUT2D eigenvalue weighted by atomic mass is 32.1. The average molecular weight is 219 g/mol. The summed E-state index contributed by atoms with van der Waals surface area (Å²) in [5.74, 6) is 0.831. The van der Waals surface area contributed by atoms with Gasteiger partial charge in [-0.2, -0.15) is 5.26 Å². The van der Waals surface area contributed by atoms with Gasteiger partial charge >= 0.3 is 0 Å². The molecule has 0 aliphatic heterocycles. The van der Waals surface area contributed by atoms with Crippen LogP contribution in [0.2, 0.25) is 0 Å². The maximum Gasteiger partial charge on any atom is 0.197 e. The SMILES string of the molecule is CCOc1ccc2nc(NC#N)sc2c1. The van der Waals surface area contributed by atoms with Gasteiger partial charge in [0.05, 0.1) is 16.8 Å². The number of ether oxygens (including phenoxy) is 1. The van der Waals surface area contributed by atoms with Crippen molar-refractivity contribution in [1.82, 2.24) is 4.98 Å². The molecule has 0 fully saturated rings. The zero-order valence-corrected chi connectivity index (χ0v) is 8.97. The van der Waals surface area contributed by atoms with E-state index in [1.807, 2.05) is 31.3 Å². The second-order valence-electron chi connectivity index (χ2n) is 2.82. The second-order valence-corrected chi connectivity index (χ2v) is 3.85. The number of anilines is 1. The van der Waals surface area contributed by atoms with E-state index in [1.165, 1.54) is 11.3 Å². The van der Waals surface area contributed by atoms with Crippen molar-refractivity contribution in [3.05, 3.63) is 18.2 Å². The lowest BCUT2D eigenvalue weighted by Gasteiger charge is -2.00. The molecule has 0 amide bonds. The molecule has 5 heteroatoms. The van der Waals surface area contributed by atoms with Gasteiger partial charge in [0.1, 0.15) is 5.75 Å². The topological polar surface area (TPSA) is 57.9 Å². The molecule has 4 nitrogen and oxygen atoms in total. The van der Waals surface area contributed by atoms with Gasteiger partial charge in [-0.15, -0.1) is 0 Å². The number of benzene rings is 1. The smallest absolute Gasteiger partial charge is 0.197 e. The number of hydrogen-bond acceptors (Lipinski definition) is 5. The third-order valence-corrected chi connectivity index (χ3v) is 2.77. The van der Waals surface area contributed by atoms with E-state index in [1.54, 1.807) is 0 Å². The van der Waals surface area contributed by atoms with Crippen LogP contribution in [0.5, 0.6) is 5.75 Å². The van der Waals surface area contributed by atoms with Crippen molar-refractivity contribution in [3.8, 4) is 11.9 Å². The minimum Gasteiger partial charge on any atom is -0.494 e. The lowest BCUT2D eigenvalue weighted by Crippen LogP contribution is -1.89. The summed E-state index contributed by atoms with van der Waals surface area (Å²) >= 11 is 1.44. The first-order chi connectivity index (χ1) is 7.33. The molecule has 0 radical (unpaired) electrons. The lowest BCUT2D eigenvalue weighted by molar-refractivity contribution is 0.341. The molecule has 0 atom stereocenters. The van der Waals surface area contributed by atoms with Gasteiger partial charge in [-0.1, -0.05) is 11.3 Å². The van der Waals surface area contributed by atoms with E-state index >= 15 is 0 Å². The molecule has 2 rings (SSSR count). The average Bonchev–Trinajstić information content (AvgIpc) is 2.60. The van der Waals surface area contributed by atoms with Crippen LogP contribution in [-0.2, 0) is 0 Å². The van der Waals surface area contributed by atoms with Gasteiger partial charge in [-0.3, -0.25) is 5.32 Å². The van der Waals surface area contributed by atoms with Gasteiger partial charge in [0.15, 0.2) is 11.3 Å². The second kappa shape index (κ2) is 4.15. The van der Waals surface area contributed by atoms with E-state index in [-0.39, 0.29) is 0 Å². The molecular weight excluding hydrogens is 210 g/mol. The number of rotatable bonds is 3. The Morgan fingerprint density at radius 2 is 2.47 bits per heavy atom. The summed E-state index contributed by atoms with van der Waals surface area (Å²) in [6.45, 7) is 2.59. The number of nitriles is 1. The molecule has 15 heavy (non-hydrogen) atoms. The first-order valence-corrected chi connectivity index (χ1v) is 5.33. The third kappa shape index (κ3) is 2.00. The monoisotopic (exact) mass is 219 g/mol. The first kappa shape index (κ1) is 9.74. The molecule has 2 aromatic rings. The predicted octanol–water partition coefficient (Wildman–Crippen LogP) is 2.59. The molecule has 0 unspecified atom stereocenters. The Bertz CT molecular complexity index is 515. The van der Waals surface area contributed by atoms with Gasteiger partial charge in [0, 0.05) is 0 Å². The largest absolute Gasteiger partial charge is 0.494 e. The molecule has 1 heterocycles. The summed E-state index contributed by atoms with van der Waals surface area (Å²) in [7, 11) is 0. The van der Waals surface area contributed by atoms with Gasteiger partial charge in [0.2, 0.25) is 0 Å². The van der Waals surface area contributed by atoms with Crippen LogP contribution in [0.25, 0.3) is 10.2 Å². The molecule has 76 valence electrons. The van der Waals surface area contributed by atoms with Crippen LogP contribution in [-0.4, -0.2) is 11.6 Å². The number of fused-ring (bicyclic) bond motifs is 1. The van der Waals surface area contributed by atoms with Crippen molar-refractivity contribution in [2.75, 3.05) is 11.9 Å². The van der Waals surface area contributed by atoms with E-state index in [4.69, 9.17) is 10.00 Å².